The monoisotopic (exact) mass is 366 g/mol. The zero-order valence-electron chi connectivity index (χ0n) is 14.9. The van der Waals surface area contributed by atoms with E-state index in [-0.39, 0.29) is 11.1 Å². The van der Waals surface area contributed by atoms with E-state index in [9.17, 15) is 20.0 Å². The van der Waals surface area contributed by atoms with E-state index in [0.717, 1.165) is 6.42 Å². The van der Waals surface area contributed by atoms with Crippen molar-refractivity contribution in [2.45, 2.75) is 26.7 Å². The minimum Gasteiger partial charge on any atom is -0.502 e. The number of rotatable bonds is 5. The molecule has 0 radical (unpaired) electrons. The second-order valence-electron chi connectivity index (χ2n) is 6.14. The van der Waals surface area contributed by atoms with Crippen LogP contribution in [0.5, 0.6) is 5.75 Å². The molecule has 3 aromatic rings. The molecule has 0 bridgehead atoms. The lowest BCUT2D eigenvalue weighted by Gasteiger charge is -2.08. The van der Waals surface area contributed by atoms with Crippen LogP contribution in [-0.2, 0) is 6.42 Å². The van der Waals surface area contributed by atoms with Crippen LogP contribution in [0.1, 0.15) is 30.3 Å². The fourth-order valence-corrected chi connectivity index (χ4v) is 2.82. The molecule has 0 aliphatic carbocycles. The lowest BCUT2D eigenvalue weighted by Crippen LogP contribution is -2.22. The maximum Gasteiger partial charge on any atom is 0.311 e. The SMILES string of the molecule is CCCc1nc2ccccc2c(=O)n1N=Cc1cc(C)cc([N+](=O)[O-])c1O. The molecule has 0 unspecified atom stereocenters. The van der Waals surface area contributed by atoms with Gasteiger partial charge in [-0.3, -0.25) is 14.9 Å². The van der Waals surface area contributed by atoms with Crippen molar-refractivity contribution >= 4 is 22.8 Å². The second-order valence-corrected chi connectivity index (χ2v) is 6.14. The van der Waals surface area contributed by atoms with E-state index < -0.39 is 16.4 Å². The van der Waals surface area contributed by atoms with Crippen LogP contribution in [0.3, 0.4) is 0 Å². The van der Waals surface area contributed by atoms with Gasteiger partial charge in [0.15, 0.2) is 0 Å². The number of fused-ring (bicyclic) bond motifs is 1. The second kappa shape index (κ2) is 7.36. The Morgan fingerprint density at radius 3 is 2.78 bits per heavy atom. The van der Waals surface area contributed by atoms with E-state index in [0.29, 0.717) is 28.7 Å². The van der Waals surface area contributed by atoms with Gasteiger partial charge in [0.1, 0.15) is 5.82 Å². The van der Waals surface area contributed by atoms with Crippen LogP contribution in [0.25, 0.3) is 10.9 Å². The number of hydrogen-bond donors (Lipinski definition) is 1. The highest BCUT2D eigenvalue weighted by Crippen LogP contribution is 2.30. The van der Waals surface area contributed by atoms with Crippen LogP contribution in [0.2, 0.25) is 0 Å². The summed E-state index contributed by atoms with van der Waals surface area (Å²) in [7, 11) is 0. The Labute approximate surface area is 154 Å². The number of nitrogens with zero attached hydrogens (tertiary/aromatic N) is 4. The third-order valence-electron chi connectivity index (χ3n) is 4.07. The minimum absolute atomic E-state index is 0.157. The summed E-state index contributed by atoms with van der Waals surface area (Å²) in [5, 5.41) is 25.8. The van der Waals surface area contributed by atoms with Crippen molar-refractivity contribution in [3.8, 4) is 5.75 Å². The highest BCUT2D eigenvalue weighted by Gasteiger charge is 2.17. The van der Waals surface area contributed by atoms with Crippen molar-refractivity contribution in [3.05, 3.63) is 73.8 Å². The molecule has 0 spiro atoms. The summed E-state index contributed by atoms with van der Waals surface area (Å²) in [5.74, 6) is -0.00715. The third kappa shape index (κ3) is 3.55. The molecule has 1 aromatic heterocycles. The van der Waals surface area contributed by atoms with Gasteiger partial charge in [0.25, 0.3) is 5.56 Å². The first-order chi connectivity index (χ1) is 12.9. The summed E-state index contributed by atoms with van der Waals surface area (Å²) < 4.78 is 1.18. The van der Waals surface area contributed by atoms with Gasteiger partial charge in [0.05, 0.1) is 22.0 Å². The number of aromatic hydroxyl groups is 1. The fourth-order valence-electron chi connectivity index (χ4n) is 2.82. The van der Waals surface area contributed by atoms with Crippen LogP contribution in [0.15, 0.2) is 46.3 Å². The molecule has 0 saturated heterocycles. The summed E-state index contributed by atoms with van der Waals surface area (Å²) in [6.45, 7) is 3.64. The zero-order valence-corrected chi connectivity index (χ0v) is 14.9. The summed E-state index contributed by atoms with van der Waals surface area (Å²) in [5.41, 5.74) is 0.602. The summed E-state index contributed by atoms with van der Waals surface area (Å²) >= 11 is 0. The topological polar surface area (TPSA) is 111 Å². The Kier molecular flexibility index (Phi) is 4.98. The first kappa shape index (κ1) is 18.2. The number of nitro benzene ring substituents is 1. The molecule has 138 valence electrons. The summed E-state index contributed by atoms with van der Waals surface area (Å²) in [6, 6.07) is 9.82. The van der Waals surface area contributed by atoms with Gasteiger partial charge in [-0.05, 0) is 37.1 Å². The first-order valence-corrected chi connectivity index (χ1v) is 8.45. The first-order valence-electron chi connectivity index (χ1n) is 8.45. The molecule has 0 saturated carbocycles. The molecular weight excluding hydrogens is 348 g/mol. The van der Waals surface area contributed by atoms with E-state index in [1.807, 2.05) is 13.0 Å². The highest BCUT2D eigenvalue weighted by molar-refractivity contribution is 5.86. The van der Waals surface area contributed by atoms with Gasteiger partial charge in [0, 0.05) is 18.1 Å². The minimum atomic E-state index is -0.661. The van der Waals surface area contributed by atoms with Gasteiger partial charge in [-0.2, -0.15) is 9.78 Å². The van der Waals surface area contributed by atoms with Crippen molar-refractivity contribution in [1.82, 2.24) is 9.66 Å². The van der Waals surface area contributed by atoms with Crippen molar-refractivity contribution < 1.29 is 10.0 Å². The van der Waals surface area contributed by atoms with Crippen molar-refractivity contribution in [1.29, 1.82) is 0 Å². The smallest absolute Gasteiger partial charge is 0.311 e. The van der Waals surface area contributed by atoms with E-state index in [4.69, 9.17) is 0 Å². The maximum absolute atomic E-state index is 12.8. The molecule has 0 aliphatic rings. The van der Waals surface area contributed by atoms with Gasteiger partial charge < -0.3 is 5.11 Å². The average Bonchev–Trinajstić information content (AvgIpc) is 2.64. The predicted octanol–water partition coefficient (Wildman–Crippen LogP) is 3.15. The Hall–Kier alpha value is -3.55. The molecule has 8 heteroatoms. The van der Waals surface area contributed by atoms with Gasteiger partial charge >= 0.3 is 5.69 Å². The zero-order chi connectivity index (χ0) is 19.6. The molecule has 0 aliphatic heterocycles. The lowest BCUT2D eigenvalue weighted by atomic mass is 10.1. The highest BCUT2D eigenvalue weighted by atomic mass is 16.6. The van der Waals surface area contributed by atoms with E-state index in [1.54, 1.807) is 31.2 Å². The number of nitro groups is 1. The number of phenols is 1. The van der Waals surface area contributed by atoms with Crippen molar-refractivity contribution in [3.63, 3.8) is 0 Å². The van der Waals surface area contributed by atoms with E-state index in [2.05, 4.69) is 10.1 Å². The quantitative estimate of drug-likeness (QED) is 0.424. The van der Waals surface area contributed by atoms with Crippen LogP contribution < -0.4 is 5.56 Å². The largest absolute Gasteiger partial charge is 0.502 e. The van der Waals surface area contributed by atoms with E-state index >= 15 is 0 Å². The fraction of sp³-hybridized carbons (Fsp3) is 0.211. The molecule has 27 heavy (non-hydrogen) atoms. The van der Waals surface area contributed by atoms with Gasteiger partial charge in [0.2, 0.25) is 5.75 Å². The predicted molar refractivity (Wildman–Crippen MR) is 102 cm³/mol. The lowest BCUT2D eigenvalue weighted by molar-refractivity contribution is -0.385. The molecule has 2 aromatic carbocycles. The van der Waals surface area contributed by atoms with Crippen molar-refractivity contribution in [2.24, 2.45) is 5.10 Å². The number of benzene rings is 2. The Balaban J connectivity index is 2.17. The number of phenolic OH excluding ortho intramolecular Hbond substituents is 1. The maximum atomic E-state index is 12.8. The molecule has 0 fully saturated rings. The summed E-state index contributed by atoms with van der Waals surface area (Å²) in [6.07, 6.45) is 2.55. The molecule has 8 nitrogen and oxygen atoms in total. The van der Waals surface area contributed by atoms with Crippen molar-refractivity contribution in [2.75, 3.05) is 0 Å². The standard InChI is InChI=1S/C19H18N4O4/c1-3-6-17-21-15-8-5-4-7-14(15)19(25)22(17)20-11-13-9-12(2)10-16(18(13)24)23(26)27/h4-5,7-11,24H,3,6H2,1-2H3. The Morgan fingerprint density at radius 1 is 1.33 bits per heavy atom. The molecule has 0 atom stereocenters. The normalized spacial score (nSPS) is 11.3. The number of hydrogen-bond acceptors (Lipinski definition) is 6. The van der Waals surface area contributed by atoms with Gasteiger partial charge in [-0.15, -0.1) is 0 Å². The van der Waals surface area contributed by atoms with E-state index in [1.165, 1.54) is 17.0 Å². The number of aromatic nitrogens is 2. The van der Waals surface area contributed by atoms with Gasteiger partial charge in [-0.25, -0.2) is 4.98 Å². The van der Waals surface area contributed by atoms with Crippen LogP contribution in [0, 0.1) is 17.0 Å². The molecule has 3 rings (SSSR count). The molecule has 1 N–H and O–H groups in total. The number of para-hydroxylation sites is 1. The third-order valence-corrected chi connectivity index (χ3v) is 4.07. The Morgan fingerprint density at radius 2 is 2.07 bits per heavy atom. The molecule has 1 heterocycles. The van der Waals surface area contributed by atoms with Crippen LogP contribution >= 0.6 is 0 Å². The molecular formula is C19H18N4O4. The summed E-state index contributed by atoms with van der Waals surface area (Å²) in [4.78, 5) is 27.7. The Bertz CT molecular complexity index is 1120. The average molecular weight is 366 g/mol. The number of aryl methyl sites for hydroxylation is 2. The van der Waals surface area contributed by atoms with Gasteiger partial charge in [-0.1, -0.05) is 19.1 Å². The van der Waals surface area contributed by atoms with Crippen LogP contribution in [0.4, 0.5) is 5.69 Å². The molecule has 0 amide bonds. The van der Waals surface area contributed by atoms with Crippen LogP contribution in [-0.4, -0.2) is 25.9 Å².